The molecule has 2 heterocycles. The Morgan fingerprint density at radius 1 is 1.38 bits per heavy atom. The zero-order valence-corrected chi connectivity index (χ0v) is 9.46. The van der Waals surface area contributed by atoms with Crippen molar-refractivity contribution in [3.8, 4) is 0 Å². The molecule has 1 atom stereocenters. The summed E-state index contributed by atoms with van der Waals surface area (Å²) in [5.41, 5.74) is 0. The van der Waals surface area contributed by atoms with Crippen molar-refractivity contribution in [1.82, 2.24) is 25.0 Å². The fourth-order valence-electron chi connectivity index (χ4n) is 1.84. The van der Waals surface area contributed by atoms with E-state index >= 15 is 0 Å². The second-order valence-corrected chi connectivity index (χ2v) is 4.09. The lowest BCUT2D eigenvalue weighted by Crippen LogP contribution is -2.46. The van der Waals surface area contributed by atoms with Crippen LogP contribution in [0.4, 0.5) is 0 Å². The van der Waals surface area contributed by atoms with Gasteiger partial charge in [-0.15, -0.1) is 10.2 Å². The summed E-state index contributed by atoms with van der Waals surface area (Å²) in [6.45, 7) is 5.42. The lowest BCUT2D eigenvalue weighted by Gasteiger charge is -2.28. The highest BCUT2D eigenvalue weighted by molar-refractivity contribution is 5.76. The molecule has 0 radical (unpaired) electrons. The van der Waals surface area contributed by atoms with Crippen molar-refractivity contribution in [3.63, 3.8) is 0 Å². The van der Waals surface area contributed by atoms with Crippen LogP contribution >= 0.6 is 0 Å². The van der Waals surface area contributed by atoms with Gasteiger partial charge in [0, 0.05) is 38.6 Å². The van der Waals surface area contributed by atoms with Crippen LogP contribution in [0.5, 0.6) is 0 Å². The number of carbonyl (C=O) groups is 1. The summed E-state index contributed by atoms with van der Waals surface area (Å²) >= 11 is 0. The summed E-state index contributed by atoms with van der Waals surface area (Å²) < 4.78 is 1.86. The number of nitrogens with one attached hydrogen (secondary N) is 1. The van der Waals surface area contributed by atoms with E-state index < -0.39 is 0 Å². The van der Waals surface area contributed by atoms with Crippen molar-refractivity contribution in [1.29, 1.82) is 0 Å². The highest BCUT2D eigenvalue weighted by Gasteiger charge is 2.18. The molecule has 1 saturated heterocycles. The van der Waals surface area contributed by atoms with Gasteiger partial charge in [0.05, 0.1) is 0 Å². The van der Waals surface area contributed by atoms with Crippen LogP contribution in [0, 0.1) is 0 Å². The Balaban J connectivity index is 1.86. The van der Waals surface area contributed by atoms with Gasteiger partial charge in [-0.1, -0.05) is 0 Å². The Bertz CT molecular complexity index is 331. The van der Waals surface area contributed by atoms with Gasteiger partial charge in [-0.2, -0.15) is 0 Å². The Morgan fingerprint density at radius 3 is 2.62 bits per heavy atom. The van der Waals surface area contributed by atoms with Gasteiger partial charge in [0.1, 0.15) is 12.7 Å². The summed E-state index contributed by atoms with van der Waals surface area (Å²) in [5.74, 6) is 0.211. The van der Waals surface area contributed by atoms with E-state index in [1.807, 2.05) is 16.4 Å². The molecule has 1 aliphatic rings. The largest absolute Gasteiger partial charge is 0.340 e. The number of carbonyl (C=O) groups excluding carboxylic acids is 1. The minimum atomic E-state index is 0.123. The monoisotopic (exact) mass is 223 g/mol. The number of amides is 1. The van der Waals surface area contributed by atoms with Gasteiger partial charge in [0.2, 0.25) is 5.91 Å². The van der Waals surface area contributed by atoms with E-state index in [0.29, 0.717) is 6.42 Å². The first-order valence-corrected chi connectivity index (χ1v) is 5.60. The summed E-state index contributed by atoms with van der Waals surface area (Å²) in [6, 6.07) is 0.123. The van der Waals surface area contributed by atoms with Gasteiger partial charge < -0.3 is 14.8 Å². The quantitative estimate of drug-likeness (QED) is 0.761. The van der Waals surface area contributed by atoms with Crippen molar-refractivity contribution in [2.75, 3.05) is 26.2 Å². The van der Waals surface area contributed by atoms with Gasteiger partial charge >= 0.3 is 0 Å². The van der Waals surface area contributed by atoms with Crippen molar-refractivity contribution < 1.29 is 4.79 Å². The van der Waals surface area contributed by atoms with Gasteiger partial charge in [0.25, 0.3) is 0 Å². The molecule has 1 unspecified atom stereocenters. The maximum absolute atomic E-state index is 11.9. The first kappa shape index (κ1) is 11.1. The highest BCUT2D eigenvalue weighted by atomic mass is 16.2. The van der Waals surface area contributed by atoms with Crippen molar-refractivity contribution in [2.45, 2.75) is 19.4 Å². The third-order valence-corrected chi connectivity index (χ3v) is 2.89. The second-order valence-electron chi connectivity index (χ2n) is 4.09. The van der Waals surface area contributed by atoms with E-state index in [1.54, 1.807) is 12.7 Å². The molecule has 1 aliphatic heterocycles. The number of nitrogens with zero attached hydrogens (tertiary/aromatic N) is 4. The zero-order valence-electron chi connectivity index (χ0n) is 9.46. The van der Waals surface area contributed by atoms with E-state index in [2.05, 4.69) is 15.5 Å². The fraction of sp³-hybridized carbons (Fsp3) is 0.700. The second kappa shape index (κ2) is 5.07. The van der Waals surface area contributed by atoms with Crippen LogP contribution in [0.15, 0.2) is 12.7 Å². The molecule has 0 aromatic carbocycles. The van der Waals surface area contributed by atoms with Crippen LogP contribution in [0.2, 0.25) is 0 Å². The molecule has 0 aliphatic carbocycles. The molecule has 0 spiro atoms. The third-order valence-electron chi connectivity index (χ3n) is 2.89. The third kappa shape index (κ3) is 2.57. The average molecular weight is 223 g/mol. The Kier molecular flexibility index (Phi) is 3.51. The van der Waals surface area contributed by atoms with Crippen LogP contribution < -0.4 is 5.32 Å². The lowest BCUT2D eigenvalue weighted by molar-refractivity contribution is -0.132. The first-order chi connectivity index (χ1) is 7.77. The molecule has 1 aromatic heterocycles. The van der Waals surface area contributed by atoms with Gasteiger partial charge in [0.15, 0.2) is 0 Å². The van der Waals surface area contributed by atoms with E-state index in [-0.39, 0.29) is 11.9 Å². The molecular formula is C10H17N5O. The summed E-state index contributed by atoms with van der Waals surface area (Å²) in [4.78, 5) is 13.9. The smallest absolute Gasteiger partial charge is 0.224 e. The maximum Gasteiger partial charge on any atom is 0.224 e. The van der Waals surface area contributed by atoms with Crippen LogP contribution in [0.1, 0.15) is 19.4 Å². The average Bonchev–Trinajstić information content (AvgIpc) is 2.83. The molecule has 0 bridgehead atoms. The molecule has 1 N–H and O–H groups in total. The van der Waals surface area contributed by atoms with Crippen LogP contribution in [-0.4, -0.2) is 51.8 Å². The summed E-state index contributed by atoms with van der Waals surface area (Å²) in [6.07, 6.45) is 3.81. The predicted molar refractivity (Wildman–Crippen MR) is 58.8 cm³/mol. The minimum Gasteiger partial charge on any atom is -0.340 e. The van der Waals surface area contributed by atoms with Crippen LogP contribution in [0.3, 0.4) is 0 Å². The molecule has 1 fully saturated rings. The maximum atomic E-state index is 11.9. The van der Waals surface area contributed by atoms with E-state index in [0.717, 1.165) is 26.2 Å². The van der Waals surface area contributed by atoms with E-state index in [1.165, 1.54) is 0 Å². The van der Waals surface area contributed by atoms with Gasteiger partial charge in [-0.3, -0.25) is 4.79 Å². The van der Waals surface area contributed by atoms with Crippen molar-refractivity contribution >= 4 is 5.91 Å². The number of piperazine rings is 1. The van der Waals surface area contributed by atoms with E-state index in [4.69, 9.17) is 0 Å². The fourth-order valence-corrected chi connectivity index (χ4v) is 1.84. The van der Waals surface area contributed by atoms with E-state index in [9.17, 15) is 4.79 Å². The minimum absolute atomic E-state index is 0.123. The first-order valence-electron chi connectivity index (χ1n) is 5.60. The molecule has 1 aromatic rings. The van der Waals surface area contributed by atoms with Gasteiger partial charge in [-0.05, 0) is 6.92 Å². The molecular weight excluding hydrogens is 206 g/mol. The predicted octanol–water partition coefficient (Wildman–Crippen LogP) is -0.339. The topological polar surface area (TPSA) is 63.1 Å². The van der Waals surface area contributed by atoms with Crippen molar-refractivity contribution in [2.24, 2.45) is 0 Å². The Labute approximate surface area is 94.6 Å². The van der Waals surface area contributed by atoms with Gasteiger partial charge in [-0.25, -0.2) is 0 Å². The Morgan fingerprint density at radius 2 is 2.00 bits per heavy atom. The summed E-state index contributed by atoms with van der Waals surface area (Å²) in [7, 11) is 0. The SMILES string of the molecule is CC(CC(=O)N1CCNCC1)n1cnnc1. The molecule has 6 nitrogen and oxygen atoms in total. The molecule has 2 rings (SSSR count). The molecule has 6 heteroatoms. The molecule has 1 amide bonds. The lowest BCUT2D eigenvalue weighted by atomic mass is 10.2. The number of rotatable bonds is 3. The van der Waals surface area contributed by atoms with Crippen molar-refractivity contribution in [3.05, 3.63) is 12.7 Å². The highest BCUT2D eigenvalue weighted by Crippen LogP contribution is 2.11. The van der Waals surface area contributed by atoms with Crippen LogP contribution in [-0.2, 0) is 4.79 Å². The standard InChI is InChI=1S/C10H17N5O/c1-9(15-7-12-13-8-15)6-10(16)14-4-2-11-3-5-14/h7-9,11H,2-6H2,1H3. The summed E-state index contributed by atoms with van der Waals surface area (Å²) in [5, 5.41) is 10.7. The number of hydrogen-bond acceptors (Lipinski definition) is 4. The molecule has 88 valence electrons. The number of aromatic nitrogens is 3. The molecule has 16 heavy (non-hydrogen) atoms. The zero-order chi connectivity index (χ0) is 11.4. The van der Waals surface area contributed by atoms with Crippen LogP contribution in [0.25, 0.3) is 0 Å². The number of hydrogen-bond donors (Lipinski definition) is 1. The molecule has 0 saturated carbocycles. The Hall–Kier alpha value is -1.43. The normalized spacial score (nSPS) is 18.4.